The number of hydrogen-bond acceptors (Lipinski definition) is 2. The molecular formula is C15H16ClNO. The van der Waals surface area contributed by atoms with Gasteiger partial charge in [-0.05, 0) is 37.1 Å². The molecule has 1 heterocycles. The molecule has 94 valence electrons. The van der Waals surface area contributed by atoms with Gasteiger partial charge in [-0.15, -0.1) is 12.3 Å². The SMILES string of the molecule is C#CCCCCNCc1c(Cl)oc2ccccc12. The van der Waals surface area contributed by atoms with Gasteiger partial charge < -0.3 is 9.73 Å². The lowest BCUT2D eigenvalue weighted by atomic mass is 10.2. The molecule has 0 saturated heterocycles. The molecule has 0 saturated carbocycles. The Labute approximate surface area is 112 Å². The molecule has 3 heteroatoms. The number of para-hydroxylation sites is 1. The lowest BCUT2D eigenvalue weighted by Gasteiger charge is -2.02. The summed E-state index contributed by atoms with van der Waals surface area (Å²) in [6.07, 6.45) is 8.19. The number of fused-ring (bicyclic) bond motifs is 1. The second kappa shape index (κ2) is 6.49. The molecule has 1 aromatic heterocycles. The van der Waals surface area contributed by atoms with E-state index >= 15 is 0 Å². The summed E-state index contributed by atoms with van der Waals surface area (Å²) < 4.78 is 5.49. The van der Waals surface area contributed by atoms with Crippen LogP contribution < -0.4 is 5.32 Å². The third kappa shape index (κ3) is 3.07. The van der Waals surface area contributed by atoms with Gasteiger partial charge in [0.25, 0.3) is 0 Å². The van der Waals surface area contributed by atoms with Gasteiger partial charge in [0.2, 0.25) is 0 Å². The lowest BCUT2D eigenvalue weighted by molar-refractivity contribution is 0.596. The molecule has 0 fully saturated rings. The second-order valence-corrected chi connectivity index (χ2v) is 4.53. The van der Waals surface area contributed by atoms with Gasteiger partial charge in [-0.2, -0.15) is 0 Å². The van der Waals surface area contributed by atoms with Crippen molar-refractivity contribution in [2.24, 2.45) is 0 Å². The van der Waals surface area contributed by atoms with Crippen molar-refractivity contribution >= 4 is 22.6 Å². The first-order valence-electron chi connectivity index (χ1n) is 6.13. The van der Waals surface area contributed by atoms with Crippen LogP contribution in [0, 0.1) is 12.3 Å². The van der Waals surface area contributed by atoms with Crippen molar-refractivity contribution in [2.45, 2.75) is 25.8 Å². The fraction of sp³-hybridized carbons (Fsp3) is 0.333. The highest BCUT2D eigenvalue weighted by Gasteiger charge is 2.10. The molecule has 18 heavy (non-hydrogen) atoms. The molecule has 0 aliphatic rings. The Morgan fingerprint density at radius 1 is 1.28 bits per heavy atom. The molecule has 1 N–H and O–H groups in total. The van der Waals surface area contributed by atoms with E-state index < -0.39 is 0 Å². The maximum atomic E-state index is 6.10. The van der Waals surface area contributed by atoms with E-state index in [4.69, 9.17) is 22.4 Å². The van der Waals surface area contributed by atoms with Gasteiger partial charge >= 0.3 is 0 Å². The van der Waals surface area contributed by atoms with Gasteiger partial charge in [0.1, 0.15) is 5.58 Å². The molecule has 0 unspecified atom stereocenters. The van der Waals surface area contributed by atoms with E-state index in [0.717, 1.165) is 48.9 Å². The van der Waals surface area contributed by atoms with Crippen molar-refractivity contribution in [2.75, 3.05) is 6.54 Å². The number of hydrogen-bond donors (Lipinski definition) is 1. The zero-order valence-electron chi connectivity index (χ0n) is 10.2. The smallest absolute Gasteiger partial charge is 0.199 e. The molecule has 0 amide bonds. The zero-order valence-corrected chi connectivity index (χ0v) is 11.0. The average Bonchev–Trinajstić information content (AvgIpc) is 2.70. The molecule has 2 rings (SSSR count). The van der Waals surface area contributed by atoms with E-state index in [2.05, 4.69) is 11.2 Å². The highest BCUT2D eigenvalue weighted by molar-refractivity contribution is 6.30. The Bertz CT molecular complexity index is 553. The highest BCUT2D eigenvalue weighted by atomic mass is 35.5. The van der Waals surface area contributed by atoms with E-state index in [0.29, 0.717) is 5.22 Å². The quantitative estimate of drug-likeness (QED) is 0.629. The monoisotopic (exact) mass is 261 g/mol. The van der Waals surface area contributed by atoms with Gasteiger partial charge in [0.05, 0.1) is 0 Å². The Morgan fingerprint density at radius 3 is 2.94 bits per heavy atom. The fourth-order valence-electron chi connectivity index (χ4n) is 1.92. The van der Waals surface area contributed by atoms with Crippen LogP contribution in [0.15, 0.2) is 28.7 Å². The van der Waals surface area contributed by atoms with Crippen LogP contribution >= 0.6 is 11.6 Å². The second-order valence-electron chi connectivity index (χ2n) is 4.19. The minimum absolute atomic E-state index is 0.479. The van der Waals surface area contributed by atoms with Gasteiger partial charge in [-0.25, -0.2) is 0 Å². The Kier molecular flexibility index (Phi) is 4.69. The summed E-state index contributed by atoms with van der Waals surface area (Å²) >= 11 is 6.10. The van der Waals surface area contributed by atoms with Crippen LogP contribution in [0.25, 0.3) is 11.0 Å². The summed E-state index contributed by atoms with van der Waals surface area (Å²) in [6.45, 7) is 1.67. The first-order valence-corrected chi connectivity index (χ1v) is 6.51. The summed E-state index contributed by atoms with van der Waals surface area (Å²) in [5, 5.41) is 4.93. The molecule has 1 aromatic carbocycles. The summed E-state index contributed by atoms with van der Waals surface area (Å²) in [6, 6.07) is 7.89. The van der Waals surface area contributed by atoms with Crippen molar-refractivity contribution in [3.63, 3.8) is 0 Å². The van der Waals surface area contributed by atoms with Crippen LogP contribution in [0.1, 0.15) is 24.8 Å². The minimum atomic E-state index is 0.479. The maximum Gasteiger partial charge on any atom is 0.199 e. The number of halogens is 1. The van der Waals surface area contributed by atoms with Gasteiger partial charge in [0.15, 0.2) is 5.22 Å². The van der Waals surface area contributed by atoms with Crippen LogP contribution in [0.2, 0.25) is 5.22 Å². The van der Waals surface area contributed by atoms with Crippen molar-refractivity contribution in [3.8, 4) is 12.3 Å². The highest BCUT2D eigenvalue weighted by Crippen LogP contribution is 2.29. The average molecular weight is 262 g/mol. The first kappa shape index (κ1) is 13.0. The van der Waals surface area contributed by atoms with Crippen molar-refractivity contribution in [1.82, 2.24) is 5.32 Å². The largest absolute Gasteiger partial charge is 0.444 e. The van der Waals surface area contributed by atoms with E-state index in [9.17, 15) is 0 Å². The summed E-state index contributed by atoms with van der Waals surface area (Å²) in [7, 11) is 0. The van der Waals surface area contributed by atoms with Gasteiger partial charge in [-0.1, -0.05) is 18.2 Å². The van der Waals surface area contributed by atoms with E-state index in [1.54, 1.807) is 0 Å². The third-order valence-corrected chi connectivity index (χ3v) is 3.18. The molecule has 0 spiro atoms. The number of furan rings is 1. The van der Waals surface area contributed by atoms with Crippen LogP contribution in [-0.4, -0.2) is 6.54 Å². The van der Waals surface area contributed by atoms with Crippen LogP contribution in [0.4, 0.5) is 0 Å². The van der Waals surface area contributed by atoms with E-state index in [-0.39, 0.29) is 0 Å². The molecule has 2 aromatic rings. The van der Waals surface area contributed by atoms with Gasteiger partial charge in [0, 0.05) is 23.9 Å². The maximum absolute atomic E-state index is 6.10. The van der Waals surface area contributed by atoms with Gasteiger partial charge in [-0.3, -0.25) is 0 Å². The van der Waals surface area contributed by atoms with Crippen LogP contribution in [0.5, 0.6) is 0 Å². The summed E-state index contributed by atoms with van der Waals surface area (Å²) in [5.41, 5.74) is 1.87. The summed E-state index contributed by atoms with van der Waals surface area (Å²) in [4.78, 5) is 0. The molecular weight excluding hydrogens is 246 g/mol. The lowest BCUT2D eigenvalue weighted by Crippen LogP contribution is -2.14. The topological polar surface area (TPSA) is 25.2 Å². The van der Waals surface area contributed by atoms with E-state index in [1.807, 2.05) is 24.3 Å². The van der Waals surface area contributed by atoms with Crippen LogP contribution in [0.3, 0.4) is 0 Å². The number of rotatable bonds is 6. The van der Waals surface area contributed by atoms with Crippen molar-refractivity contribution in [1.29, 1.82) is 0 Å². The fourth-order valence-corrected chi connectivity index (χ4v) is 2.18. The Morgan fingerprint density at radius 2 is 2.11 bits per heavy atom. The molecule has 0 aliphatic carbocycles. The standard InChI is InChI=1S/C15H16ClNO/c1-2-3-4-7-10-17-11-13-12-8-5-6-9-14(12)18-15(13)16/h1,5-6,8-9,17H,3-4,7,10-11H2. The van der Waals surface area contributed by atoms with E-state index in [1.165, 1.54) is 0 Å². The predicted octanol–water partition coefficient (Wildman–Crippen LogP) is 3.98. The normalized spacial score (nSPS) is 10.7. The zero-order chi connectivity index (χ0) is 12.8. The molecule has 0 bridgehead atoms. The van der Waals surface area contributed by atoms with Crippen LogP contribution in [-0.2, 0) is 6.54 Å². The molecule has 0 aliphatic heterocycles. The third-order valence-electron chi connectivity index (χ3n) is 2.88. The molecule has 0 radical (unpaired) electrons. The number of unbranched alkanes of at least 4 members (excludes halogenated alkanes) is 2. The Hall–Kier alpha value is -1.43. The van der Waals surface area contributed by atoms with Crippen molar-refractivity contribution in [3.05, 3.63) is 35.0 Å². The van der Waals surface area contributed by atoms with Crippen molar-refractivity contribution < 1.29 is 4.42 Å². The summed E-state index contributed by atoms with van der Waals surface area (Å²) in [5.74, 6) is 2.64. The molecule has 2 nitrogen and oxygen atoms in total. The predicted molar refractivity (Wildman–Crippen MR) is 75.6 cm³/mol. The first-order chi connectivity index (χ1) is 8.83. The number of benzene rings is 1. The number of nitrogens with one attached hydrogen (secondary N) is 1. The molecule has 0 atom stereocenters. The Balaban J connectivity index is 1.91. The minimum Gasteiger partial charge on any atom is -0.444 e. The number of terminal acetylenes is 1.